The number of hydrogen-bond acceptors (Lipinski definition) is 1. The molecule has 0 saturated heterocycles. The maximum absolute atomic E-state index is 6.75. The molecule has 0 aromatic carbocycles. The molecule has 1 N–H and O–H groups in total. The van der Waals surface area contributed by atoms with E-state index >= 15 is 0 Å². The Labute approximate surface area is 50.5 Å². The second kappa shape index (κ2) is 30.7. The SMILES string of the molecule is [CH2-]O.[Fe].[Mo]. The molecule has 1 nitrogen and oxygen atoms in total. The van der Waals surface area contributed by atoms with Crippen LogP contribution in [0.15, 0.2) is 0 Å². The van der Waals surface area contributed by atoms with Crippen molar-refractivity contribution in [2.24, 2.45) is 0 Å². The zero-order chi connectivity index (χ0) is 2.00. The fraction of sp³-hybridized carbons (Fsp3) is 0. The molecule has 0 atom stereocenters. The summed E-state index contributed by atoms with van der Waals surface area (Å²) >= 11 is 0. The van der Waals surface area contributed by atoms with Crippen LogP contribution in [0.5, 0.6) is 0 Å². The molecule has 0 aromatic rings. The minimum Gasteiger partial charge on any atom is -0.569 e. The average molecular weight is 183 g/mol. The molecular weight excluding hydrogens is 180 g/mol. The second-order valence-corrected chi connectivity index (χ2v) is 0. The van der Waals surface area contributed by atoms with E-state index in [1.165, 1.54) is 0 Å². The van der Waals surface area contributed by atoms with Gasteiger partial charge < -0.3 is 5.11 Å². The fourth-order valence-corrected chi connectivity index (χ4v) is 0. The Morgan fingerprint density at radius 1 is 1.25 bits per heavy atom. The molecular formula is CH3FeMoO-. The maximum atomic E-state index is 6.75. The zero-order valence-corrected chi connectivity index (χ0v) is 5.03. The van der Waals surface area contributed by atoms with Gasteiger partial charge in [-0.1, -0.05) is 0 Å². The summed E-state index contributed by atoms with van der Waals surface area (Å²) in [5.74, 6) is 0. The molecule has 3 heteroatoms. The van der Waals surface area contributed by atoms with Gasteiger partial charge in [-0.2, -0.15) is 0 Å². The third-order valence-corrected chi connectivity index (χ3v) is 0. The summed E-state index contributed by atoms with van der Waals surface area (Å²) in [7, 11) is 2.25. The van der Waals surface area contributed by atoms with E-state index in [-0.39, 0.29) is 38.1 Å². The van der Waals surface area contributed by atoms with Crippen LogP contribution in [0.4, 0.5) is 0 Å². The summed E-state index contributed by atoms with van der Waals surface area (Å²) in [4.78, 5) is 0. The van der Waals surface area contributed by atoms with Crippen molar-refractivity contribution in [2.45, 2.75) is 0 Å². The molecule has 0 fully saturated rings. The molecule has 28 valence electrons. The standard InChI is InChI=1S/CH3O.Fe.Mo/c1-2;;/h2H,1H2;;/q-1;;. The first-order valence-corrected chi connectivity index (χ1v) is 0.316. The van der Waals surface area contributed by atoms with E-state index in [9.17, 15) is 0 Å². The third kappa shape index (κ3) is 10.9. The van der Waals surface area contributed by atoms with Crippen LogP contribution < -0.4 is 0 Å². The predicted molar refractivity (Wildman–Crippen MR) is 7.29 cm³/mol. The maximum Gasteiger partial charge on any atom is 0 e. The molecule has 0 heterocycles. The van der Waals surface area contributed by atoms with Crippen LogP contribution in [-0.4, -0.2) is 5.11 Å². The van der Waals surface area contributed by atoms with Gasteiger partial charge >= 0.3 is 0 Å². The van der Waals surface area contributed by atoms with E-state index < -0.39 is 0 Å². The molecule has 0 spiro atoms. The Morgan fingerprint density at radius 2 is 1.25 bits per heavy atom. The van der Waals surface area contributed by atoms with Gasteiger partial charge in [0.25, 0.3) is 0 Å². The number of rotatable bonds is 0. The Balaban J connectivity index is -0.00000000500. The van der Waals surface area contributed by atoms with Gasteiger partial charge in [-0.3, -0.25) is 0 Å². The van der Waals surface area contributed by atoms with Gasteiger partial charge in [0, 0.05) is 38.1 Å². The first-order chi connectivity index (χ1) is 1.00. The molecule has 0 aliphatic heterocycles. The smallest absolute Gasteiger partial charge is 0 e. The van der Waals surface area contributed by atoms with Crippen molar-refractivity contribution in [3.63, 3.8) is 0 Å². The largest absolute Gasteiger partial charge is 0.569 e. The van der Waals surface area contributed by atoms with Gasteiger partial charge in [-0.25, -0.2) is 7.11 Å². The van der Waals surface area contributed by atoms with Gasteiger partial charge in [0.2, 0.25) is 0 Å². The second-order valence-electron chi connectivity index (χ2n) is 0. The predicted octanol–water partition coefficient (Wildman–Crippen LogP) is 0.145. The first-order valence-electron chi connectivity index (χ1n) is 0.316. The van der Waals surface area contributed by atoms with Crippen molar-refractivity contribution in [3.05, 3.63) is 7.11 Å². The number of aliphatic hydroxyl groups excluding tert-OH is 1. The Bertz CT molecular complexity index is 8.00. The molecule has 0 aromatic heterocycles. The monoisotopic (exact) mass is 185 g/mol. The summed E-state index contributed by atoms with van der Waals surface area (Å²) in [5, 5.41) is 6.75. The van der Waals surface area contributed by atoms with Crippen molar-refractivity contribution < 1.29 is 43.2 Å². The van der Waals surface area contributed by atoms with E-state index in [1.54, 1.807) is 0 Å². The quantitative estimate of drug-likeness (QED) is 0.418. The van der Waals surface area contributed by atoms with Crippen LogP contribution in [-0.2, 0) is 38.1 Å². The summed E-state index contributed by atoms with van der Waals surface area (Å²) < 4.78 is 0. The van der Waals surface area contributed by atoms with E-state index in [0.717, 1.165) is 0 Å². The first kappa shape index (κ1) is 19.1. The van der Waals surface area contributed by atoms with Crippen LogP contribution >= 0.6 is 0 Å². The molecule has 0 aliphatic rings. The van der Waals surface area contributed by atoms with Crippen LogP contribution in [0.3, 0.4) is 0 Å². The van der Waals surface area contributed by atoms with Gasteiger partial charge in [-0.05, 0) is 0 Å². The van der Waals surface area contributed by atoms with Gasteiger partial charge in [0.15, 0.2) is 0 Å². The molecule has 0 rings (SSSR count). The molecule has 0 unspecified atom stereocenters. The van der Waals surface area contributed by atoms with Crippen molar-refractivity contribution >= 4 is 0 Å². The normalized spacial score (nSPS) is 1.50. The van der Waals surface area contributed by atoms with Gasteiger partial charge in [-0.15, -0.1) is 0 Å². The fourth-order valence-electron chi connectivity index (χ4n) is 0. The molecule has 4 heavy (non-hydrogen) atoms. The average Bonchev–Trinajstić information content (AvgIpc) is 1.00. The Kier molecular flexibility index (Phi) is 146. The minimum atomic E-state index is 0. The summed E-state index contributed by atoms with van der Waals surface area (Å²) in [6, 6.07) is 0. The third-order valence-electron chi connectivity index (χ3n) is 0. The van der Waals surface area contributed by atoms with Crippen molar-refractivity contribution in [1.29, 1.82) is 0 Å². The molecule has 0 aliphatic carbocycles. The summed E-state index contributed by atoms with van der Waals surface area (Å²) in [6.45, 7) is 0. The van der Waals surface area contributed by atoms with Crippen molar-refractivity contribution in [1.82, 2.24) is 0 Å². The molecule has 0 radical (unpaired) electrons. The Morgan fingerprint density at radius 3 is 1.25 bits per heavy atom. The van der Waals surface area contributed by atoms with Gasteiger partial charge in [0.1, 0.15) is 0 Å². The van der Waals surface area contributed by atoms with Crippen molar-refractivity contribution in [2.75, 3.05) is 0 Å². The van der Waals surface area contributed by atoms with Crippen LogP contribution in [0.25, 0.3) is 0 Å². The summed E-state index contributed by atoms with van der Waals surface area (Å²) in [6.07, 6.45) is 0. The van der Waals surface area contributed by atoms with E-state index in [2.05, 4.69) is 7.11 Å². The van der Waals surface area contributed by atoms with Crippen LogP contribution in [0, 0.1) is 7.11 Å². The van der Waals surface area contributed by atoms with Crippen LogP contribution in [0.1, 0.15) is 0 Å². The van der Waals surface area contributed by atoms with E-state index in [4.69, 9.17) is 5.11 Å². The van der Waals surface area contributed by atoms with E-state index in [1.807, 2.05) is 0 Å². The van der Waals surface area contributed by atoms with Crippen LogP contribution in [0.2, 0.25) is 0 Å². The van der Waals surface area contributed by atoms with E-state index in [0.29, 0.717) is 0 Å². The van der Waals surface area contributed by atoms with Crippen molar-refractivity contribution in [3.8, 4) is 0 Å². The summed E-state index contributed by atoms with van der Waals surface area (Å²) in [5.41, 5.74) is 0. The topological polar surface area (TPSA) is 20.2 Å². The Hall–Kier alpha value is 1.17. The zero-order valence-electron chi connectivity index (χ0n) is 1.92. The minimum absolute atomic E-state index is 0. The molecule has 0 amide bonds. The number of aliphatic hydroxyl groups is 1. The molecule has 0 saturated carbocycles. The molecule has 0 bridgehead atoms. The number of hydrogen-bond donors (Lipinski definition) is 1. The van der Waals surface area contributed by atoms with Gasteiger partial charge in [0.05, 0.1) is 0 Å².